The van der Waals surface area contributed by atoms with Crippen LogP contribution < -0.4 is 28.7 Å². The Labute approximate surface area is 347 Å². The molecule has 0 fully saturated rings. The molecule has 6 rings (SSSR count). The van der Waals surface area contributed by atoms with Crippen LogP contribution >= 0.6 is 23.5 Å². The van der Waals surface area contributed by atoms with Crippen molar-refractivity contribution in [3.8, 4) is 23.0 Å². The molecule has 4 aromatic carbocycles. The molecule has 0 N–H and O–H groups in total. The van der Waals surface area contributed by atoms with Gasteiger partial charge >= 0.3 is 26.4 Å². The molecular weight excluding hydrogens is 845 g/mol. The van der Waals surface area contributed by atoms with Gasteiger partial charge in [0.1, 0.15) is 12.7 Å². The smallest absolute Gasteiger partial charge is 0.387 e. The van der Waals surface area contributed by atoms with E-state index in [1.807, 2.05) is 65.9 Å². The van der Waals surface area contributed by atoms with Crippen molar-refractivity contribution in [2.45, 2.75) is 49.3 Å². The number of hydrogen-bond acceptors (Lipinski definition) is 12. The second-order valence-electron chi connectivity index (χ2n) is 11.8. The second-order valence-corrected chi connectivity index (χ2v) is 13.6. The highest BCUT2D eigenvalue weighted by Gasteiger charge is 2.21. The van der Waals surface area contributed by atoms with Gasteiger partial charge in [0.15, 0.2) is 23.0 Å². The Morgan fingerprint density at radius 2 is 0.833 bits per heavy atom. The van der Waals surface area contributed by atoms with Gasteiger partial charge in [-0.25, -0.2) is 19.9 Å². The fraction of sp³-hybridized carbons (Fsp3) is 0.200. The number of aromatic nitrogens is 4. The zero-order valence-electron chi connectivity index (χ0n) is 31.4. The fourth-order valence-electron chi connectivity index (χ4n) is 5.48. The van der Waals surface area contributed by atoms with Crippen molar-refractivity contribution in [3.63, 3.8) is 0 Å². The van der Waals surface area contributed by atoms with Gasteiger partial charge in [0.25, 0.3) is 0 Å². The first-order valence-electron chi connectivity index (χ1n) is 17.3. The Kier molecular flexibility index (Phi) is 16.8. The summed E-state index contributed by atoms with van der Waals surface area (Å²) in [5, 5.41) is 0. The average Bonchev–Trinajstić information content (AvgIpc) is 3.23. The van der Waals surface area contributed by atoms with Crippen LogP contribution in [0.5, 0.6) is 23.0 Å². The lowest BCUT2D eigenvalue weighted by atomic mass is 10.2. The van der Waals surface area contributed by atoms with Crippen LogP contribution in [0.15, 0.2) is 132 Å². The molecule has 0 spiro atoms. The van der Waals surface area contributed by atoms with E-state index in [0.29, 0.717) is 24.5 Å². The summed E-state index contributed by atoms with van der Waals surface area (Å²) < 4.78 is 119. The molecule has 0 saturated carbocycles. The van der Waals surface area contributed by atoms with E-state index >= 15 is 0 Å². The van der Waals surface area contributed by atoms with Crippen molar-refractivity contribution < 1.29 is 54.1 Å². The van der Waals surface area contributed by atoms with E-state index in [9.17, 15) is 35.1 Å². The van der Waals surface area contributed by atoms with E-state index in [0.717, 1.165) is 32.3 Å². The molecule has 0 aliphatic carbocycles. The number of anilines is 4. The van der Waals surface area contributed by atoms with Crippen LogP contribution in [0.3, 0.4) is 0 Å². The number of halogens is 8. The van der Waals surface area contributed by atoms with Crippen LogP contribution in [-0.2, 0) is 13.1 Å². The van der Waals surface area contributed by atoms with E-state index in [4.69, 9.17) is 0 Å². The van der Waals surface area contributed by atoms with Crippen molar-refractivity contribution >= 4 is 46.3 Å². The summed E-state index contributed by atoms with van der Waals surface area (Å²) in [5.41, 5.74) is 3.91. The first-order valence-corrected chi connectivity index (χ1v) is 19.8. The van der Waals surface area contributed by atoms with Gasteiger partial charge in [-0.3, -0.25) is 0 Å². The van der Waals surface area contributed by atoms with Crippen molar-refractivity contribution in [1.29, 1.82) is 0 Å². The predicted molar refractivity (Wildman–Crippen MR) is 212 cm³/mol. The van der Waals surface area contributed by atoms with Gasteiger partial charge < -0.3 is 28.7 Å². The standard InChI is InChI=1S/2C20H17F4N3O2S/c1-30-16-5-2-14(3-6-16)27(11-13-9-25-12-26-10-13)15-4-7-17(28-19(21)22)18(8-15)29-20(23)24;1-30-16-4-2-3-14(7-16)27(11-13-9-25-12-26-10-13)15-5-6-17(28-19(21)22)18(8-15)29-20(23)24/h2*2-10,12,19-20H,11H2,1H3. The molecule has 0 radical (unpaired) electrons. The summed E-state index contributed by atoms with van der Waals surface area (Å²) in [5.74, 6) is -1.93. The SMILES string of the molecule is CSc1ccc(N(Cc2cncnc2)c2ccc(OC(F)F)c(OC(F)F)c2)cc1.CSc1cccc(N(Cc2cncnc2)c2ccc(OC(F)F)c(OC(F)F)c2)c1. The number of thioether (sulfide) groups is 2. The highest BCUT2D eigenvalue weighted by atomic mass is 32.2. The van der Waals surface area contributed by atoms with Gasteiger partial charge in [0.05, 0.1) is 13.1 Å². The van der Waals surface area contributed by atoms with Crippen molar-refractivity contribution in [2.24, 2.45) is 0 Å². The third kappa shape index (κ3) is 13.5. The van der Waals surface area contributed by atoms with Gasteiger partial charge in [0.2, 0.25) is 0 Å². The molecule has 60 heavy (non-hydrogen) atoms. The zero-order chi connectivity index (χ0) is 43.0. The van der Waals surface area contributed by atoms with E-state index < -0.39 is 49.4 Å². The number of nitrogens with zero attached hydrogens (tertiary/aromatic N) is 6. The Morgan fingerprint density at radius 3 is 1.25 bits per heavy atom. The summed E-state index contributed by atoms with van der Waals surface area (Å²) in [6.07, 6.45) is 13.2. The Bertz CT molecular complexity index is 2220. The van der Waals surface area contributed by atoms with E-state index in [1.54, 1.807) is 53.2 Å². The average molecular weight is 879 g/mol. The van der Waals surface area contributed by atoms with Crippen LogP contribution in [0, 0.1) is 0 Å². The topological polar surface area (TPSA) is 95.0 Å². The lowest BCUT2D eigenvalue weighted by Crippen LogP contribution is -2.17. The Balaban J connectivity index is 0.000000228. The zero-order valence-corrected chi connectivity index (χ0v) is 33.1. The van der Waals surface area contributed by atoms with Crippen LogP contribution in [0.4, 0.5) is 57.9 Å². The van der Waals surface area contributed by atoms with Crippen LogP contribution in [0.25, 0.3) is 0 Å². The third-order valence-electron chi connectivity index (χ3n) is 8.00. The van der Waals surface area contributed by atoms with Crippen LogP contribution in [0.2, 0.25) is 0 Å². The molecule has 6 aromatic rings. The molecule has 0 aliphatic rings. The summed E-state index contributed by atoms with van der Waals surface area (Å²) >= 11 is 3.12. The summed E-state index contributed by atoms with van der Waals surface area (Å²) in [6.45, 7) is -12.1. The predicted octanol–water partition coefficient (Wildman–Crippen LogP) is 11.5. The summed E-state index contributed by atoms with van der Waals surface area (Å²) in [7, 11) is 0. The highest BCUT2D eigenvalue weighted by molar-refractivity contribution is 7.98. The van der Waals surface area contributed by atoms with E-state index in [1.165, 1.54) is 49.1 Å². The van der Waals surface area contributed by atoms with Gasteiger partial charge in [0, 0.05) is 80.6 Å². The van der Waals surface area contributed by atoms with Crippen molar-refractivity contribution in [2.75, 3.05) is 22.3 Å². The Hall–Kier alpha value is -6.02. The molecule has 2 heterocycles. The van der Waals surface area contributed by atoms with Gasteiger partial charge in [-0.05, 0) is 79.2 Å². The maximum absolute atomic E-state index is 12.8. The minimum absolute atomic E-state index is 0.307. The first-order chi connectivity index (χ1) is 28.9. The quantitative estimate of drug-likeness (QED) is 0.0608. The second kappa shape index (κ2) is 22.4. The summed E-state index contributed by atoms with van der Waals surface area (Å²) in [6, 6.07) is 22.9. The fourth-order valence-corrected chi connectivity index (χ4v) is 6.35. The first kappa shape index (κ1) is 45.1. The van der Waals surface area contributed by atoms with Gasteiger partial charge in [-0.2, -0.15) is 35.1 Å². The molecule has 10 nitrogen and oxygen atoms in total. The maximum Gasteiger partial charge on any atom is 0.387 e. The lowest BCUT2D eigenvalue weighted by molar-refractivity contribution is -0.0692. The molecule has 2 aromatic heterocycles. The number of benzene rings is 4. The van der Waals surface area contributed by atoms with Crippen LogP contribution in [-0.4, -0.2) is 58.9 Å². The number of alkyl halides is 8. The molecule has 0 aliphatic heterocycles. The monoisotopic (exact) mass is 878 g/mol. The molecule has 316 valence electrons. The number of ether oxygens (including phenoxy) is 4. The molecular formula is C40H34F8N6O4S2. The summed E-state index contributed by atoms with van der Waals surface area (Å²) in [4.78, 5) is 21.6. The Morgan fingerprint density at radius 1 is 0.450 bits per heavy atom. The minimum atomic E-state index is -3.20. The van der Waals surface area contributed by atoms with E-state index in [-0.39, 0.29) is 0 Å². The van der Waals surface area contributed by atoms with Gasteiger partial charge in [-0.15, -0.1) is 23.5 Å². The van der Waals surface area contributed by atoms with E-state index in [2.05, 4.69) is 38.9 Å². The van der Waals surface area contributed by atoms with Gasteiger partial charge in [-0.1, -0.05) is 6.07 Å². The minimum Gasteiger partial charge on any atom is -0.431 e. The normalized spacial score (nSPS) is 11.0. The molecule has 20 heteroatoms. The molecule has 0 saturated heterocycles. The molecule has 0 bridgehead atoms. The largest absolute Gasteiger partial charge is 0.431 e. The number of hydrogen-bond donors (Lipinski definition) is 0. The van der Waals surface area contributed by atoms with Crippen molar-refractivity contribution in [3.05, 3.63) is 133 Å². The maximum atomic E-state index is 12.8. The molecule has 0 unspecified atom stereocenters. The third-order valence-corrected chi connectivity index (χ3v) is 9.47. The number of rotatable bonds is 18. The highest BCUT2D eigenvalue weighted by Crippen LogP contribution is 2.39. The lowest BCUT2D eigenvalue weighted by Gasteiger charge is -2.26. The van der Waals surface area contributed by atoms with Crippen molar-refractivity contribution in [1.82, 2.24) is 19.9 Å². The molecule has 0 amide bonds. The van der Waals surface area contributed by atoms with Crippen LogP contribution in [0.1, 0.15) is 11.1 Å². The molecule has 0 atom stereocenters.